The van der Waals surface area contributed by atoms with Crippen LogP contribution in [0.1, 0.15) is 58.8 Å². The molecule has 0 bridgehead atoms. The van der Waals surface area contributed by atoms with Gasteiger partial charge >= 0.3 is 0 Å². The molecule has 0 rings (SSSR count). The second-order valence-electron chi connectivity index (χ2n) is 4.73. The molecule has 0 aliphatic carbocycles. The van der Waals surface area contributed by atoms with E-state index in [-0.39, 0.29) is 0 Å². The van der Waals surface area contributed by atoms with Crippen molar-refractivity contribution in [3.8, 4) is 0 Å². The minimum absolute atomic E-state index is 0.316. The van der Waals surface area contributed by atoms with Gasteiger partial charge in [0.05, 0.1) is 19.3 Å². The van der Waals surface area contributed by atoms with E-state index in [9.17, 15) is 0 Å². The predicted molar refractivity (Wildman–Crippen MR) is 78.1 cm³/mol. The summed E-state index contributed by atoms with van der Waals surface area (Å²) in [6, 6.07) is 0. The van der Waals surface area contributed by atoms with Gasteiger partial charge in [-0.2, -0.15) is 12.6 Å². The molecular weight excluding hydrogens is 232 g/mol. The van der Waals surface area contributed by atoms with Crippen LogP contribution in [0.4, 0.5) is 0 Å². The average molecular weight is 262 g/mol. The summed E-state index contributed by atoms with van der Waals surface area (Å²) in [5.74, 6) is 1.03. The van der Waals surface area contributed by atoms with E-state index in [4.69, 9.17) is 9.47 Å². The first-order valence-electron chi connectivity index (χ1n) is 7.07. The topological polar surface area (TPSA) is 18.5 Å². The fourth-order valence-electron chi connectivity index (χ4n) is 1.64. The van der Waals surface area contributed by atoms with Gasteiger partial charge in [0.25, 0.3) is 0 Å². The molecule has 0 saturated carbocycles. The van der Waals surface area contributed by atoms with Crippen LogP contribution in [0.3, 0.4) is 0 Å². The van der Waals surface area contributed by atoms with E-state index in [1.54, 1.807) is 0 Å². The molecule has 0 unspecified atom stereocenters. The van der Waals surface area contributed by atoms with Gasteiger partial charge in [-0.25, -0.2) is 0 Å². The lowest BCUT2D eigenvalue weighted by molar-refractivity contribution is 0.0186. The summed E-state index contributed by atoms with van der Waals surface area (Å²) >= 11 is 4.21. The van der Waals surface area contributed by atoms with Crippen molar-refractivity contribution < 1.29 is 9.47 Å². The zero-order valence-corrected chi connectivity index (χ0v) is 12.5. The van der Waals surface area contributed by atoms with Gasteiger partial charge in [-0.15, -0.1) is 0 Å². The van der Waals surface area contributed by atoms with Crippen LogP contribution in [-0.2, 0) is 9.47 Å². The zero-order chi connectivity index (χ0) is 12.8. The number of rotatable bonds is 13. The van der Waals surface area contributed by atoms with Crippen molar-refractivity contribution in [2.45, 2.75) is 64.9 Å². The average Bonchev–Trinajstić information content (AvgIpc) is 2.30. The van der Waals surface area contributed by atoms with Crippen LogP contribution in [-0.4, -0.2) is 31.7 Å². The molecule has 0 radical (unpaired) electrons. The molecule has 104 valence electrons. The smallest absolute Gasteiger partial charge is 0.0703 e. The van der Waals surface area contributed by atoms with Crippen molar-refractivity contribution in [1.29, 1.82) is 0 Å². The predicted octanol–water partition coefficient (Wildman–Crippen LogP) is 4.09. The van der Waals surface area contributed by atoms with Crippen LogP contribution >= 0.6 is 12.6 Å². The Balaban J connectivity index is 2.89. The van der Waals surface area contributed by atoms with Gasteiger partial charge in [0.2, 0.25) is 0 Å². The second kappa shape index (κ2) is 14.3. The summed E-state index contributed by atoms with van der Waals surface area (Å²) in [6.45, 7) is 6.45. The van der Waals surface area contributed by atoms with Gasteiger partial charge in [0.15, 0.2) is 0 Å². The zero-order valence-electron chi connectivity index (χ0n) is 11.6. The molecule has 0 heterocycles. The lowest BCUT2D eigenvalue weighted by atomic mass is 10.1. The van der Waals surface area contributed by atoms with E-state index in [1.807, 2.05) is 13.8 Å². The van der Waals surface area contributed by atoms with E-state index in [1.165, 1.54) is 44.9 Å². The fraction of sp³-hybridized carbons (Fsp3) is 1.00. The van der Waals surface area contributed by atoms with Gasteiger partial charge < -0.3 is 9.47 Å². The van der Waals surface area contributed by atoms with Crippen molar-refractivity contribution in [2.24, 2.45) is 0 Å². The standard InChI is InChI=1S/C14H30O2S/c1-14(2)16-12-11-15-10-8-6-4-3-5-7-9-13-17/h14,17H,3-13H2,1-2H3. The molecule has 0 aliphatic rings. The summed E-state index contributed by atoms with van der Waals surface area (Å²) in [6.07, 6.45) is 9.48. The molecule has 0 saturated heterocycles. The fourth-order valence-corrected chi connectivity index (χ4v) is 1.87. The second-order valence-corrected chi connectivity index (χ2v) is 5.18. The third-order valence-corrected chi connectivity index (χ3v) is 2.94. The maximum Gasteiger partial charge on any atom is 0.0703 e. The molecule has 0 atom stereocenters. The Bertz CT molecular complexity index is 140. The van der Waals surface area contributed by atoms with Crippen molar-refractivity contribution in [3.05, 3.63) is 0 Å². The largest absolute Gasteiger partial charge is 0.379 e. The Morgan fingerprint density at radius 2 is 1.35 bits per heavy atom. The van der Waals surface area contributed by atoms with E-state index in [0.29, 0.717) is 6.10 Å². The van der Waals surface area contributed by atoms with Crippen molar-refractivity contribution in [1.82, 2.24) is 0 Å². The molecule has 0 fully saturated rings. The molecule has 17 heavy (non-hydrogen) atoms. The number of hydrogen-bond donors (Lipinski definition) is 1. The van der Waals surface area contributed by atoms with E-state index in [2.05, 4.69) is 12.6 Å². The molecule has 0 spiro atoms. The van der Waals surface area contributed by atoms with E-state index < -0.39 is 0 Å². The van der Waals surface area contributed by atoms with Crippen molar-refractivity contribution >= 4 is 12.6 Å². The molecule has 0 amide bonds. The van der Waals surface area contributed by atoms with Crippen LogP contribution in [0.15, 0.2) is 0 Å². The quantitative estimate of drug-likeness (QED) is 0.398. The maximum absolute atomic E-state index is 5.49. The summed E-state index contributed by atoms with van der Waals surface area (Å²) in [5, 5.41) is 0. The van der Waals surface area contributed by atoms with Crippen LogP contribution < -0.4 is 0 Å². The number of unbranched alkanes of at least 4 members (excludes halogenated alkanes) is 6. The molecule has 0 N–H and O–H groups in total. The molecular formula is C14H30O2S. The first-order valence-corrected chi connectivity index (χ1v) is 7.71. The van der Waals surface area contributed by atoms with E-state index >= 15 is 0 Å². The monoisotopic (exact) mass is 262 g/mol. The number of ether oxygens (including phenoxy) is 2. The Kier molecular flexibility index (Phi) is 14.6. The van der Waals surface area contributed by atoms with Gasteiger partial charge in [0, 0.05) is 6.61 Å². The molecule has 2 nitrogen and oxygen atoms in total. The Morgan fingerprint density at radius 1 is 0.765 bits per heavy atom. The molecule has 3 heteroatoms. The number of thiol groups is 1. The van der Waals surface area contributed by atoms with Crippen LogP contribution in [0.2, 0.25) is 0 Å². The normalized spacial score (nSPS) is 11.3. The number of hydrogen-bond acceptors (Lipinski definition) is 3. The van der Waals surface area contributed by atoms with Gasteiger partial charge in [-0.05, 0) is 32.4 Å². The third kappa shape index (κ3) is 16.3. The Labute approximate surface area is 113 Å². The highest BCUT2D eigenvalue weighted by molar-refractivity contribution is 7.80. The van der Waals surface area contributed by atoms with Crippen LogP contribution in [0.5, 0.6) is 0 Å². The summed E-state index contributed by atoms with van der Waals surface area (Å²) in [5.41, 5.74) is 0. The Hall–Kier alpha value is 0.270. The van der Waals surface area contributed by atoms with E-state index in [0.717, 1.165) is 25.6 Å². The third-order valence-electron chi connectivity index (χ3n) is 2.63. The SMILES string of the molecule is CC(C)OCCOCCCCCCCCCS. The highest BCUT2D eigenvalue weighted by Crippen LogP contribution is 2.07. The minimum Gasteiger partial charge on any atom is -0.379 e. The molecule has 0 aliphatic heterocycles. The molecule has 0 aromatic heterocycles. The van der Waals surface area contributed by atoms with Crippen molar-refractivity contribution in [3.63, 3.8) is 0 Å². The lowest BCUT2D eigenvalue weighted by Crippen LogP contribution is -2.10. The summed E-state index contributed by atoms with van der Waals surface area (Å²) < 4.78 is 10.9. The Morgan fingerprint density at radius 3 is 1.94 bits per heavy atom. The first-order chi connectivity index (χ1) is 8.27. The lowest BCUT2D eigenvalue weighted by Gasteiger charge is -2.08. The van der Waals surface area contributed by atoms with Gasteiger partial charge in [-0.3, -0.25) is 0 Å². The first kappa shape index (κ1) is 17.3. The van der Waals surface area contributed by atoms with Gasteiger partial charge in [0.1, 0.15) is 0 Å². The maximum atomic E-state index is 5.49. The molecule has 0 aromatic rings. The van der Waals surface area contributed by atoms with Gasteiger partial charge in [-0.1, -0.05) is 32.1 Å². The highest BCUT2D eigenvalue weighted by Gasteiger charge is 1.94. The van der Waals surface area contributed by atoms with Crippen molar-refractivity contribution in [2.75, 3.05) is 25.6 Å². The van der Waals surface area contributed by atoms with Crippen LogP contribution in [0, 0.1) is 0 Å². The highest BCUT2D eigenvalue weighted by atomic mass is 32.1. The molecule has 0 aromatic carbocycles. The minimum atomic E-state index is 0.316. The summed E-state index contributed by atoms with van der Waals surface area (Å²) in [4.78, 5) is 0. The van der Waals surface area contributed by atoms with Crippen LogP contribution in [0.25, 0.3) is 0 Å². The summed E-state index contributed by atoms with van der Waals surface area (Å²) in [7, 11) is 0.